The van der Waals surface area contributed by atoms with Crippen LogP contribution >= 0.6 is 11.6 Å². The Bertz CT molecular complexity index is 1230. The van der Waals surface area contributed by atoms with Gasteiger partial charge in [0.2, 0.25) is 5.91 Å². The van der Waals surface area contributed by atoms with Crippen LogP contribution in [0.2, 0.25) is 5.02 Å². The second-order valence-corrected chi connectivity index (χ2v) is 8.57. The maximum atomic E-state index is 13.4. The number of hydrogen-bond donors (Lipinski definition) is 1. The molecule has 8 nitrogen and oxygen atoms in total. The molecular weight excluding hydrogens is 482 g/mol. The van der Waals surface area contributed by atoms with E-state index in [1.54, 1.807) is 72.8 Å². The Hall–Kier alpha value is -4.04. The lowest BCUT2D eigenvalue weighted by Crippen LogP contribution is -2.37. The summed E-state index contributed by atoms with van der Waals surface area (Å²) >= 11 is 6.00. The number of anilines is 2. The standard InChI is InChI=1S/C27H26ClN3O5/c1-3-36-23-12-8-20(9-13-23)29-25(32)16-24-26(33)31(21-10-14-22(35-2)15-11-21)27(34)30(24)17-18-4-6-19(28)7-5-18/h4-15,24H,3,16-17H2,1-2H3,(H,29,32)/t24-/m1/s1. The minimum atomic E-state index is -0.974. The summed E-state index contributed by atoms with van der Waals surface area (Å²) in [6.07, 6.45) is -0.196. The maximum Gasteiger partial charge on any atom is 0.332 e. The van der Waals surface area contributed by atoms with E-state index in [1.165, 1.54) is 12.0 Å². The molecule has 1 aliphatic rings. The fourth-order valence-electron chi connectivity index (χ4n) is 3.96. The summed E-state index contributed by atoms with van der Waals surface area (Å²) in [7, 11) is 1.54. The van der Waals surface area contributed by atoms with Gasteiger partial charge in [0.15, 0.2) is 0 Å². The summed E-state index contributed by atoms with van der Waals surface area (Å²) in [6.45, 7) is 2.58. The van der Waals surface area contributed by atoms with Crippen LogP contribution in [0.15, 0.2) is 72.8 Å². The molecule has 0 unspecified atom stereocenters. The number of ether oxygens (including phenoxy) is 2. The fourth-order valence-corrected chi connectivity index (χ4v) is 4.08. The molecule has 1 heterocycles. The monoisotopic (exact) mass is 507 g/mol. The van der Waals surface area contributed by atoms with Crippen molar-refractivity contribution in [1.82, 2.24) is 4.90 Å². The third-order valence-electron chi connectivity index (χ3n) is 5.74. The van der Waals surface area contributed by atoms with Crippen molar-refractivity contribution < 1.29 is 23.9 Å². The number of urea groups is 1. The summed E-state index contributed by atoms with van der Waals surface area (Å²) in [4.78, 5) is 42.3. The molecule has 1 atom stereocenters. The van der Waals surface area contributed by atoms with Crippen LogP contribution in [0, 0.1) is 0 Å². The van der Waals surface area contributed by atoms with E-state index in [-0.39, 0.29) is 18.9 Å². The maximum absolute atomic E-state index is 13.4. The van der Waals surface area contributed by atoms with Gasteiger partial charge in [0.05, 0.1) is 25.8 Å². The van der Waals surface area contributed by atoms with Gasteiger partial charge in [-0.3, -0.25) is 9.59 Å². The van der Waals surface area contributed by atoms with Gasteiger partial charge in [-0.05, 0) is 73.2 Å². The van der Waals surface area contributed by atoms with E-state index in [0.29, 0.717) is 34.5 Å². The average molecular weight is 508 g/mol. The molecule has 0 radical (unpaired) electrons. The van der Waals surface area contributed by atoms with Gasteiger partial charge in [0.1, 0.15) is 17.5 Å². The number of carbonyl (C=O) groups excluding carboxylic acids is 3. The Morgan fingerprint density at radius 3 is 2.19 bits per heavy atom. The van der Waals surface area contributed by atoms with Gasteiger partial charge < -0.3 is 19.7 Å². The zero-order chi connectivity index (χ0) is 25.7. The molecule has 0 aromatic heterocycles. The van der Waals surface area contributed by atoms with E-state index in [9.17, 15) is 14.4 Å². The first-order valence-corrected chi connectivity index (χ1v) is 11.8. The van der Waals surface area contributed by atoms with Gasteiger partial charge >= 0.3 is 6.03 Å². The quantitative estimate of drug-likeness (QED) is 0.406. The molecule has 4 amide bonds. The third-order valence-corrected chi connectivity index (χ3v) is 6.00. The molecule has 1 fully saturated rings. The number of halogens is 1. The van der Waals surface area contributed by atoms with Crippen LogP contribution < -0.4 is 19.7 Å². The van der Waals surface area contributed by atoms with Crippen molar-refractivity contribution in [3.63, 3.8) is 0 Å². The normalized spacial score (nSPS) is 15.2. The van der Waals surface area contributed by atoms with Crippen molar-refractivity contribution in [2.75, 3.05) is 23.9 Å². The van der Waals surface area contributed by atoms with Crippen molar-refractivity contribution in [1.29, 1.82) is 0 Å². The fraction of sp³-hybridized carbons (Fsp3) is 0.222. The molecule has 4 rings (SSSR count). The number of benzene rings is 3. The Morgan fingerprint density at radius 2 is 1.58 bits per heavy atom. The van der Waals surface area contributed by atoms with E-state index in [0.717, 1.165) is 10.5 Å². The summed E-state index contributed by atoms with van der Waals surface area (Å²) in [6, 6.07) is 19.1. The van der Waals surface area contributed by atoms with Crippen LogP contribution in [0.1, 0.15) is 18.9 Å². The summed E-state index contributed by atoms with van der Waals surface area (Å²) in [5.41, 5.74) is 1.76. The van der Waals surface area contributed by atoms with Gasteiger partial charge in [-0.15, -0.1) is 0 Å². The molecule has 1 N–H and O–H groups in total. The van der Waals surface area contributed by atoms with Gasteiger partial charge in [-0.2, -0.15) is 0 Å². The zero-order valence-electron chi connectivity index (χ0n) is 19.9. The predicted octanol–water partition coefficient (Wildman–Crippen LogP) is 5.11. The van der Waals surface area contributed by atoms with Gasteiger partial charge in [-0.25, -0.2) is 9.69 Å². The van der Waals surface area contributed by atoms with Gasteiger partial charge in [-0.1, -0.05) is 23.7 Å². The first kappa shape index (κ1) is 25.1. The van der Waals surface area contributed by atoms with E-state index in [4.69, 9.17) is 21.1 Å². The summed E-state index contributed by atoms with van der Waals surface area (Å²) < 4.78 is 10.6. The number of amides is 4. The van der Waals surface area contributed by atoms with Gasteiger partial charge in [0.25, 0.3) is 5.91 Å². The average Bonchev–Trinajstić information content (AvgIpc) is 3.10. The van der Waals surface area contributed by atoms with Crippen LogP contribution in [-0.2, 0) is 16.1 Å². The van der Waals surface area contributed by atoms with Crippen molar-refractivity contribution in [3.05, 3.63) is 83.4 Å². The van der Waals surface area contributed by atoms with Crippen molar-refractivity contribution in [2.24, 2.45) is 0 Å². The highest BCUT2D eigenvalue weighted by atomic mass is 35.5. The Morgan fingerprint density at radius 1 is 0.944 bits per heavy atom. The van der Waals surface area contributed by atoms with E-state index < -0.39 is 18.0 Å². The number of imide groups is 1. The first-order valence-electron chi connectivity index (χ1n) is 11.5. The van der Waals surface area contributed by atoms with Crippen LogP contribution in [0.25, 0.3) is 0 Å². The Balaban J connectivity index is 1.56. The molecule has 3 aromatic carbocycles. The molecule has 0 saturated carbocycles. The van der Waals surface area contributed by atoms with E-state index in [2.05, 4.69) is 5.32 Å². The van der Waals surface area contributed by atoms with Crippen molar-refractivity contribution in [3.8, 4) is 11.5 Å². The molecule has 9 heteroatoms. The highest BCUT2D eigenvalue weighted by Crippen LogP contribution is 2.30. The lowest BCUT2D eigenvalue weighted by atomic mass is 10.1. The molecular formula is C27H26ClN3O5. The molecule has 0 aliphatic carbocycles. The van der Waals surface area contributed by atoms with Crippen molar-refractivity contribution >= 4 is 40.8 Å². The molecule has 0 spiro atoms. The SMILES string of the molecule is CCOc1ccc(NC(=O)C[C@@H]2C(=O)N(c3ccc(OC)cc3)C(=O)N2Cc2ccc(Cl)cc2)cc1. The Labute approximate surface area is 214 Å². The number of rotatable bonds is 9. The van der Waals surface area contributed by atoms with Gasteiger partial charge in [0, 0.05) is 17.3 Å². The van der Waals surface area contributed by atoms with Crippen LogP contribution in [0.5, 0.6) is 11.5 Å². The highest BCUT2D eigenvalue weighted by molar-refractivity contribution is 6.30. The third kappa shape index (κ3) is 5.60. The number of carbonyl (C=O) groups is 3. The van der Waals surface area contributed by atoms with Crippen LogP contribution in [0.4, 0.5) is 16.2 Å². The smallest absolute Gasteiger partial charge is 0.332 e. The lowest BCUT2D eigenvalue weighted by molar-refractivity contribution is -0.124. The molecule has 1 aliphatic heterocycles. The minimum absolute atomic E-state index is 0.148. The second kappa shape index (κ2) is 11.1. The zero-order valence-corrected chi connectivity index (χ0v) is 20.7. The topological polar surface area (TPSA) is 88.2 Å². The molecule has 36 heavy (non-hydrogen) atoms. The summed E-state index contributed by atoms with van der Waals surface area (Å²) in [5, 5.41) is 3.36. The number of methoxy groups -OCH3 is 1. The number of hydrogen-bond acceptors (Lipinski definition) is 5. The van der Waals surface area contributed by atoms with E-state index in [1.807, 2.05) is 6.92 Å². The summed E-state index contributed by atoms with van der Waals surface area (Å²) in [5.74, 6) is 0.433. The van der Waals surface area contributed by atoms with E-state index >= 15 is 0 Å². The predicted molar refractivity (Wildman–Crippen MR) is 138 cm³/mol. The Kier molecular flexibility index (Phi) is 7.75. The molecule has 0 bridgehead atoms. The van der Waals surface area contributed by atoms with Crippen LogP contribution in [-0.4, -0.2) is 42.5 Å². The number of nitrogens with one attached hydrogen (secondary N) is 1. The molecule has 3 aromatic rings. The molecule has 186 valence electrons. The second-order valence-electron chi connectivity index (χ2n) is 8.13. The first-order chi connectivity index (χ1) is 17.4. The van der Waals surface area contributed by atoms with Crippen LogP contribution in [0.3, 0.4) is 0 Å². The highest BCUT2D eigenvalue weighted by Gasteiger charge is 2.46. The molecule has 1 saturated heterocycles. The van der Waals surface area contributed by atoms with Crippen molar-refractivity contribution in [2.45, 2.75) is 25.9 Å². The lowest BCUT2D eigenvalue weighted by Gasteiger charge is -2.22. The number of nitrogens with zero attached hydrogens (tertiary/aromatic N) is 2. The minimum Gasteiger partial charge on any atom is -0.497 e. The largest absolute Gasteiger partial charge is 0.497 e.